The highest BCUT2D eigenvalue weighted by atomic mass is 19.4. The Kier molecular flexibility index (Phi) is 3.89. The van der Waals surface area contributed by atoms with Gasteiger partial charge in [0.15, 0.2) is 0 Å². The molecule has 2 heterocycles. The summed E-state index contributed by atoms with van der Waals surface area (Å²) < 4.78 is 41.3. The number of benzene rings is 1. The number of amides is 1. The SMILES string of the molecule is O=C(c1ccccc1C(F)(F)F)N1CCc2cc(=O)n(C3CC3)cc2C1. The highest BCUT2D eigenvalue weighted by molar-refractivity contribution is 5.96. The molecule has 0 spiro atoms. The number of carbonyl (C=O) groups excluding carboxylic acids is 1. The molecule has 2 aromatic rings. The van der Waals surface area contributed by atoms with Crippen LogP contribution in [0.5, 0.6) is 0 Å². The molecule has 0 bridgehead atoms. The van der Waals surface area contributed by atoms with Crippen molar-refractivity contribution in [2.75, 3.05) is 6.54 Å². The van der Waals surface area contributed by atoms with Gasteiger partial charge < -0.3 is 9.47 Å². The molecule has 26 heavy (non-hydrogen) atoms. The van der Waals surface area contributed by atoms with Crippen LogP contribution in [-0.4, -0.2) is 21.9 Å². The van der Waals surface area contributed by atoms with Crippen LogP contribution in [0.15, 0.2) is 41.3 Å². The van der Waals surface area contributed by atoms with Crippen molar-refractivity contribution in [3.05, 3.63) is 69.1 Å². The van der Waals surface area contributed by atoms with E-state index < -0.39 is 17.6 Å². The van der Waals surface area contributed by atoms with Crippen LogP contribution in [0.1, 0.15) is 45.9 Å². The number of fused-ring (bicyclic) bond motifs is 1. The van der Waals surface area contributed by atoms with Gasteiger partial charge in [0.05, 0.1) is 11.1 Å². The number of hydrogen-bond donors (Lipinski definition) is 0. The van der Waals surface area contributed by atoms with Crippen LogP contribution >= 0.6 is 0 Å². The molecule has 1 aromatic carbocycles. The quantitative estimate of drug-likeness (QED) is 0.822. The first kappa shape index (κ1) is 16.9. The van der Waals surface area contributed by atoms with Crippen molar-refractivity contribution in [3.8, 4) is 0 Å². The van der Waals surface area contributed by atoms with E-state index in [0.29, 0.717) is 13.0 Å². The summed E-state index contributed by atoms with van der Waals surface area (Å²) in [6.45, 7) is 0.512. The Morgan fingerprint density at radius 2 is 1.85 bits per heavy atom. The number of pyridine rings is 1. The third-order valence-corrected chi connectivity index (χ3v) is 4.96. The predicted octanol–water partition coefficient (Wildman–Crippen LogP) is 3.40. The van der Waals surface area contributed by atoms with Gasteiger partial charge >= 0.3 is 6.18 Å². The first-order valence-corrected chi connectivity index (χ1v) is 8.54. The highest BCUT2D eigenvalue weighted by Gasteiger charge is 2.36. The molecule has 0 saturated heterocycles. The van der Waals surface area contributed by atoms with Crippen LogP contribution < -0.4 is 5.56 Å². The Hall–Kier alpha value is -2.57. The Bertz CT molecular complexity index is 929. The lowest BCUT2D eigenvalue weighted by Gasteiger charge is -2.30. The van der Waals surface area contributed by atoms with Crippen LogP contribution in [0.4, 0.5) is 13.2 Å². The number of aromatic nitrogens is 1. The zero-order valence-corrected chi connectivity index (χ0v) is 13.9. The van der Waals surface area contributed by atoms with Gasteiger partial charge in [-0.3, -0.25) is 9.59 Å². The van der Waals surface area contributed by atoms with E-state index in [1.165, 1.54) is 23.1 Å². The summed E-state index contributed by atoms with van der Waals surface area (Å²) in [6, 6.07) is 6.66. The normalized spacial score (nSPS) is 17.1. The van der Waals surface area contributed by atoms with E-state index in [1.807, 2.05) is 0 Å². The molecule has 1 aliphatic heterocycles. The maximum atomic E-state index is 13.2. The Labute approximate surface area is 147 Å². The Morgan fingerprint density at radius 3 is 2.54 bits per heavy atom. The van der Waals surface area contributed by atoms with Gasteiger partial charge in [-0.25, -0.2) is 0 Å². The minimum Gasteiger partial charge on any atom is -0.334 e. The van der Waals surface area contributed by atoms with E-state index >= 15 is 0 Å². The van der Waals surface area contributed by atoms with E-state index in [-0.39, 0.29) is 23.7 Å². The summed E-state index contributed by atoms with van der Waals surface area (Å²) in [4.78, 5) is 26.3. The molecule has 0 radical (unpaired) electrons. The fraction of sp³-hybridized carbons (Fsp3) is 0.368. The molecule has 1 aliphatic carbocycles. The Morgan fingerprint density at radius 1 is 1.12 bits per heavy atom. The molecule has 0 N–H and O–H groups in total. The van der Waals surface area contributed by atoms with Crippen molar-refractivity contribution in [2.24, 2.45) is 0 Å². The summed E-state index contributed by atoms with van der Waals surface area (Å²) >= 11 is 0. The molecular weight excluding hydrogens is 345 g/mol. The molecule has 0 atom stereocenters. The molecule has 7 heteroatoms. The van der Waals surface area contributed by atoms with Gasteiger partial charge in [-0.1, -0.05) is 12.1 Å². The fourth-order valence-electron chi connectivity index (χ4n) is 3.44. The lowest BCUT2D eigenvalue weighted by molar-refractivity contribution is -0.138. The summed E-state index contributed by atoms with van der Waals surface area (Å²) in [7, 11) is 0. The van der Waals surface area contributed by atoms with Gasteiger partial charge in [0.2, 0.25) is 0 Å². The van der Waals surface area contributed by atoms with Crippen molar-refractivity contribution < 1.29 is 18.0 Å². The molecule has 2 aliphatic rings. The standard InChI is InChI=1S/C19H17F3N2O2/c20-19(21,22)16-4-2-1-3-15(16)18(26)23-8-7-12-9-17(25)24(14-5-6-14)11-13(12)10-23/h1-4,9,11,14H,5-8,10H2. The summed E-state index contributed by atoms with van der Waals surface area (Å²) in [5.74, 6) is -0.632. The first-order valence-electron chi connectivity index (χ1n) is 8.54. The number of carbonyl (C=O) groups is 1. The predicted molar refractivity (Wildman–Crippen MR) is 88.9 cm³/mol. The van der Waals surface area contributed by atoms with E-state index in [4.69, 9.17) is 0 Å². The molecule has 1 fully saturated rings. The van der Waals surface area contributed by atoms with Gasteiger partial charge in [-0.15, -0.1) is 0 Å². The van der Waals surface area contributed by atoms with Crippen LogP contribution in [0.25, 0.3) is 0 Å². The summed E-state index contributed by atoms with van der Waals surface area (Å²) in [5, 5.41) is 0. The van der Waals surface area contributed by atoms with Crippen molar-refractivity contribution in [3.63, 3.8) is 0 Å². The maximum absolute atomic E-state index is 13.2. The minimum absolute atomic E-state index is 0.0477. The second kappa shape index (κ2) is 6.00. The zero-order valence-electron chi connectivity index (χ0n) is 13.9. The van der Waals surface area contributed by atoms with Gasteiger partial charge in [-0.2, -0.15) is 13.2 Å². The third-order valence-electron chi connectivity index (χ3n) is 4.96. The largest absolute Gasteiger partial charge is 0.417 e. The average molecular weight is 362 g/mol. The topological polar surface area (TPSA) is 42.3 Å². The van der Waals surface area contributed by atoms with Crippen molar-refractivity contribution in [1.82, 2.24) is 9.47 Å². The molecule has 1 aromatic heterocycles. The molecule has 0 unspecified atom stereocenters. The molecule has 4 nitrogen and oxygen atoms in total. The number of hydrogen-bond acceptors (Lipinski definition) is 2. The number of nitrogens with zero attached hydrogens (tertiary/aromatic N) is 2. The van der Waals surface area contributed by atoms with Crippen LogP contribution in [0, 0.1) is 0 Å². The number of rotatable bonds is 2. The maximum Gasteiger partial charge on any atom is 0.417 e. The second-order valence-corrected chi connectivity index (χ2v) is 6.82. The average Bonchev–Trinajstić information content (AvgIpc) is 3.44. The van der Waals surface area contributed by atoms with Crippen molar-refractivity contribution >= 4 is 5.91 Å². The second-order valence-electron chi connectivity index (χ2n) is 6.82. The van der Waals surface area contributed by atoms with E-state index in [9.17, 15) is 22.8 Å². The van der Waals surface area contributed by atoms with Gasteiger partial charge in [-0.05, 0) is 42.5 Å². The van der Waals surface area contributed by atoms with Crippen molar-refractivity contribution in [1.29, 1.82) is 0 Å². The van der Waals surface area contributed by atoms with E-state index in [1.54, 1.807) is 16.8 Å². The third kappa shape index (κ3) is 3.02. The summed E-state index contributed by atoms with van der Waals surface area (Å²) in [5.41, 5.74) is 0.409. The smallest absolute Gasteiger partial charge is 0.334 e. The lowest BCUT2D eigenvalue weighted by atomic mass is 9.99. The minimum atomic E-state index is -4.58. The van der Waals surface area contributed by atoms with Gasteiger partial charge in [0.25, 0.3) is 11.5 Å². The lowest BCUT2D eigenvalue weighted by Crippen LogP contribution is -2.38. The molecule has 4 rings (SSSR count). The highest BCUT2D eigenvalue weighted by Crippen LogP contribution is 2.35. The van der Waals surface area contributed by atoms with Crippen molar-refractivity contribution in [2.45, 2.75) is 38.0 Å². The molecule has 1 saturated carbocycles. The zero-order chi connectivity index (χ0) is 18.5. The monoisotopic (exact) mass is 362 g/mol. The first-order chi connectivity index (χ1) is 12.3. The van der Waals surface area contributed by atoms with Crippen LogP contribution in [-0.2, 0) is 19.1 Å². The Balaban J connectivity index is 1.64. The summed E-state index contributed by atoms with van der Waals surface area (Å²) in [6.07, 6.45) is -0.423. The van der Waals surface area contributed by atoms with E-state index in [0.717, 1.165) is 30.0 Å². The van der Waals surface area contributed by atoms with Crippen LogP contribution in [0.2, 0.25) is 0 Å². The van der Waals surface area contributed by atoms with Crippen LogP contribution in [0.3, 0.4) is 0 Å². The van der Waals surface area contributed by atoms with Gasteiger partial charge in [0, 0.05) is 31.4 Å². The molecule has 1 amide bonds. The fourth-order valence-corrected chi connectivity index (χ4v) is 3.44. The molecular formula is C19H17F3N2O2. The van der Waals surface area contributed by atoms with Gasteiger partial charge in [0.1, 0.15) is 0 Å². The molecule has 136 valence electrons. The van der Waals surface area contributed by atoms with E-state index in [2.05, 4.69) is 0 Å². The number of alkyl halides is 3. The number of halogens is 3.